The van der Waals surface area contributed by atoms with E-state index in [9.17, 15) is 14.7 Å². The predicted molar refractivity (Wildman–Crippen MR) is 168 cm³/mol. The van der Waals surface area contributed by atoms with Gasteiger partial charge in [0.25, 0.3) is 5.91 Å². The number of aliphatic imine (C=N–C) groups is 1. The number of fused-ring (bicyclic) bond motifs is 1. The normalized spacial score (nSPS) is 14.6. The van der Waals surface area contributed by atoms with Crippen molar-refractivity contribution in [2.45, 2.75) is 6.92 Å². The van der Waals surface area contributed by atoms with Crippen molar-refractivity contribution < 1.29 is 19.5 Å². The Kier molecular flexibility index (Phi) is 9.51. The summed E-state index contributed by atoms with van der Waals surface area (Å²) in [6, 6.07) is 22.8. The van der Waals surface area contributed by atoms with Crippen molar-refractivity contribution in [2.24, 2.45) is 4.99 Å². The Balaban J connectivity index is 1.24. The zero-order chi connectivity index (χ0) is 30.3. The predicted octanol–water partition coefficient (Wildman–Crippen LogP) is 3.72. The maximum atomic E-state index is 13.0. The fourth-order valence-electron chi connectivity index (χ4n) is 5.21. The van der Waals surface area contributed by atoms with E-state index in [0.29, 0.717) is 42.2 Å². The molecular weight excluding hydrogens is 544 g/mol. The van der Waals surface area contributed by atoms with Crippen molar-refractivity contribution in [2.75, 3.05) is 60.0 Å². The first-order valence-corrected chi connectivity index (χ1v) is 14.4. The molecule has 3 aromatic carbocycles. The summed E-state index contributed by atoms with van der Waals surface area (Å²) in [7, 11) is 3.27. The molecule has 1 aliphatic heterocycles. The van der Waals surface area contributed by atoms with Gasteiger partial charge in [-0.05, 0) is 42.8 Å². The van der Waals surface area contributed by atoms with Gasteiger partial charge in [-0.3, -0.25) is 24.2 Å². The molecule has 1 fully saturated rings. The van der Waals surface area contributed by atoms with Gasteiger partial charge in [-0.2, -0.15) is 0 Å². The molecule has 1 aromatic heterocycles. The van der Waals surface area contributed by atoms with Crippen molar-refractivity contribution in [3.63, 3.8) is 0 Å². The van der Waals surface area contributed by atoms with Crippen molar-refractivity contribution in [3.05, 3.63) is 95.1 Å². The molecule has 1 aliphatic rings. The van der Waals surface area contributed by atoms with Crippen LogP contribution in [0.5, 0.6) is 5.88 Å². The number of carbonyl (C=O) groups is 2. The quantitative estimate of drug-likeness (QED) is 0.194. The highest BCUT2D eigenvalue weighted by Crippen LogP contribution is 2.32. The minimum atomic E-state index is -0.251. The first-order chi connectivity index (χ1) is 20.8. The fourth-order valence-corrected chi connectivity index (χ4v) is 5.21. The van der Waals surface area contributed by atoms with Gasteiger partial charge >= 0.3 is 0 Å². The summed E-state index contributed by atoms with van der Waals surface area (Å²) in [6.07, 6.45) is 0. The Hall–Kier alpha value is -4.51. The molecule has 0 bridgehead atoms. The lowest BCUT2D eigenvalue weighted by Crippen LogP contribution is -2.50. The average Bonchev–Trinajstić information content (AvgIpc) is 3.35. The number of likely N-dealkylation sites (N-methyl/N-ethyl adjacent to an activating group) is 1. The molecule has 1 saturated heterocycles. The summed E-state index contributed by atoms with van der Waals surface area (Å²) >= 11 is 0. The molecule has 10 nitrogen and oxygen atoms in total. The van der Waals surface area contributed by atoms with E-state index < -0.39 is 0 Å². The number of benzene rings is 3. The van der Waals surface area contributed by atoms with Crippen LogP contribution >= 0.6 is 0 Å². The minimum absolute atomic E-state index is 0.0250. The zero-order valence-corrected chi connectivity index (χ0v) is 24.8. The van der Waals surface area contributed by atoms with Gasteiger partial charge in [0.15, 0.2) is 5.88 Å². The van der Waals surface area contributed by atoms with Crippen molar-refractivity contribution in [3.8, 4) is 5.88 Å². The molecule has 43 heavy (non-hydrogen) atoms. The van der Waals surface area contributed by atoms with E-state index in [1.807, 2.05) is 55.5 Å². The number of hydrogen-bond donors (Lipinski definition) is 3. The maximum Gasteiger partial charge on any atom is 0.277 e. The number of nitrogens with one attached hydrogen (secondary N) is 2. The lowest BCUT2D eigenvalue weighted by Gasteiger charge is -2.34. The van der Waals surface area contributed by atoms with Gasteiger partial charge in [-0.1, -0.05) is 42.5 Å². The molecule has 0 saturated carbocycles. The van der Waals surface area contributed by atoms with E-state index in [1.54, 1.807) is 38.4 Å². The van der Waals surface area contributed by atoms with E-state index >= 15 is 0 Å². The van der Waals surface area contributed by atoms with E-state index in [-0.39, 0.29) is 17.7 Å². The largest absolute Gasteiger partial charge is 0.494 e. The number of piperazine rings is 1. The maximum absolute atomic E-state index is 13.0. The Bertz CT molecular complexity index is 1590. The van der Waals surface area contributed by atoms with Crippen LogP contribution < -0.4 is 5.32 Å². The molecule has 3 N–H and O–H groups in total. The summed E-state index contributed by atoms with van der Waals surface area (Å²) in [6.45, 7) is 6.85. The van der Waals surface area contributed by atoms with E-state index in [2.05, 4.69) is 20.1 Å². The van der Waals surface area contributed by atoms with Crippen molar-refractivity contribution >= 4 is 34.1 Å². The SMILES string of the molecule is CNC(=O)CN1CCN(CCON(C)C(=O)c2ccc(N=C(c3ccccc3)c3c(O)[nH]c4cc(C)ccc34)cc2)CC1. The lowest BCUT2D eigenvalue weighted by atomic mass is 10.00. The number of carbonyl (C=O) groups excluding carboxylic acids is 2. The molecule has 4 aromatic rings. The number of aryl methyl sites for hydroxylation is 1. The van der Waals surface area contributed by atoms with Crippen LogP contribution in [0.25, 0.3) is 10.9 Å². The number of aromatic hydroxyl groups is 1. The van der Waals surface area contributed by atoms with Crippen LogP contribution in [0.15, 0.2) is 77.8 Å². The second-order valence-corrected chi connectivity index (χ2v) is 10.7. The van der Waals surface area contributed by atoms with Gasteiger partial charge in [0.1, 0.15) is 0 Å². The van der Waals surface area contributed by atoms with E-state index in [1.165, 1.54) is 5.06 Å². The van der Waals surface area contributed by atoms with E-state index in [0.717, 1.165) is 48.2 Å². The molecule has 2 amide bonds. The second kappa shape index (κ2) is 13.6. The highest BCUT2D eigenvalue weighted by Gasteiger charge is 2.21. The van der Waals surface area contributed by atoms with E-state index in [4.69, 9.17) is 9.83 Å². The Labute approximate surface area is 251 Å². The Morgan fingerprint density at radius 1 is 0.977 bits per heavy atom. The molecule has 0 radical (unpaired) electrons. The highest BCUT2D eigenvalue weighted by atomic mass is 16.7. The molecule has 2 heterocycles. The molecular formula is C33H38N6O4. The topological polar surface area (TPSA) is 114 Å². The summed E-state index contributed by atoms with van der Waals surface area (Å²) in [5.41, 5.74) is 5.17. The summed E-state index contributed by atoms with van der Waals surface area (Å²) in [4.78, 5) is 42.8. The zero-order valence-electron chi connectivity index (χ0n) is 24.8. The van der Waals surface area contributed by atoms with Crippen LogP contribution in [0.3, 0.4) is 0 Å². The number of nitrogens with zero attached hydrogens (tertiary/aromatic N) is 4. The highest BCUT2D eigenvalue weighted by molar-refractivity contribution is 6.21. The van der Waals surface area contributed by atoms with Gasteiger partial charge < -0.3 is 15.4 Å². The van der Waals surface area contributed by atoms with Gasteiger partial charge in [0.2, 0.25) is 5.91 Å². The number of H-pyrrole nitrogens is 1. The van der Waals surface area contributed by atoms with Gasteiger partial charge in [-0.15, -0.1) is 0 Å². The summed E-state index contributed by atoms with van der Waals surface area (Å²) in [5, 5.41) is 15.7. The Morgan fingerprint density at radius 2 is 1.67 bits per heavy atom. The number of aromatic amines is 1. The molecule has 0 aliphatic carbocycles. The monoisotopic (exact) mass is 582 g/mol. The third-order valence-corrected chi connectivity index (χ3v) is 7.66. The number of hydrogen-bond acceptors (Lipinski definition) is 7. The van der Waals surface area contributed by atoms with Crippen molar-refractivity contribution in [1.29, 1.82) is 0 Å². The molecule has 0 spiro atoms. The van der Waals surface area contributed by atoms with Gasteiger partial charge in [-0.25, -0.2) is 10.1 Å². The number of aromatic nitrogens is 1. The second-order valence-electron chi connectivity index (χ2n) is 10.7. The molecule has 0 unspecified atom stereocenters. The van der Waals surface area contributed by atoms with Crippen LogP contribution in [0, 0.1) is 6.92 Å². The number of rotatable bonds is 10. The van der Waals surface area contributed by atoms with Crippen LogP contribution in [0.4, 0.5) is 5.69 Å². The van der Waals surface area contributed by atoms with Crippen LogP contribution in [0.1, 0.15) is 27.0 Å². The minimum Gasteiger partial charge on any atom is -0.494 e. The first-order valence-electron chi connectivity index (χ1n) is 14.4. The molecule has 10 heteroatoms. The third-order valence-electron chi connectivity index (χ3n) is 7.66. The molecule has 224 valence electrons. The summed E-state index contributed by atoms with van der Waals surface area (Å²) < 4.78 is 0. The van der Waals surface area contributed by atoms with Gasteiger partial charge in [0.05, 0.1) is 30.1 Å². The van der Waals surface area contributed by atoms with Gasteiger partial charge in [0, 0.05) is 68.8 Å². The Morgan fingerprint density at radius 3 is 2.37 bits per heavy atom. The summed E-state index contributed by atoms with van der Waals surface area (Å²) in [5.74, 6) is -0.171. The van der Waals surface area contributed by atoms with Crippen molar-refractivity contribution in [1.82, 2.24) is 25.2 Å². The smallest absolute Gasteiger partial charge is 0.277 e. The third kappa shape index (κ3) is 7.29. The number of hydroxylamine groups is 2. The van der Waals surface area contributed by atoms with Crippen LogP contribution in [-0.4, -0.2) is 102 Å². The standard InChI is InChI=1S/C33H38N6O4/c1-23-9-14-27-28(21-23)36-32(41)30(27)31(24-7-5-4-6-8-24)35-26-12-10-25(11-13-26)33(42)37(3)43-20-19-38-15-17-39(18-16-38)22-29(40)34-2/h4-14,21,36,41H,15-20,22H2,1-3H3,(H,34,40). The number of amides is 2. The first kappa shape index (κ1) is 30.0. The molecule has 0 atom stereocenters. The van der Waals surface area contributed by atoms with Crippen LogP contribution in [-0.2, 0) is 9.63 Å². The molecule has 5 rings (SSSR count). The fraction of sp³-hybridized carbons (Fsp3) is 0.303. The van der Waals surface area contributed by atoms with Crippen LogP contribution in [0.2, 0.25) is 0 Å². The average molecular weight is 583 g/mol. The lowest BCUT2D eigenvalue weighted by molar-refractivity contribution is -0.122.